The molecular weight excluding hydrogens is 432 g/mol. The van der Waals surface area contributed by atoms with Gasteiger partial charge in [0.15, 0.2) is 5.78 Å². The number of amides is 1. The van der Waals surface area contributed by atoms with Gasteiger partial charge in [-0.3, -0.25) is 14.5 Å². The fraction of sp³-hybridized carbons (Fsp3) is 0.500. The number of ketones is 1. The number of benzene rings is 2. The van der Waals surface area contributed by atoms with Crippen molar-refractivity contribution in [2.45, 2.75) is 70.9 Å². The maximum absolute atomic E-state index is 12.9. The number of rotatable bonds is 6. The maximum Gasteiger partial charge on any atom is 0.223 e. The molecule has 0 atom stereocenters. The van der Waals surface area contributed by atoms with Gasteiger partial charge < -0.3 is 4.90 Å². The molecule has 2 aliphatic rings. The second-order valence-electron chi connectivity index (χ2n) is 9.78. The van der Waals surface area contributed by atoms with E-state index >= 15 is 0 Å². The van der Waals surface area contributed by atoms with Gasteiger partial charge in [-0.05, 0) is 86.9 Å². The van der Waals surface area contributed by atoms with Crippen LogP contribution in [0.3, 0.4) is 0 Å². The summed E-state index contributed by atoms with van der Waals surface area (Å²) in [5.74, 6) is 0.638. The summed E-state index contributed by atoms with van der Waals surface area (Å²) in [6.45, 7) is 7.95. The van der Waals surface area contributed by atoms with E-state index in [1.165, 1.54) is 16.7 Å². The lowest BCUT2D eigenvalue weighted by Crippen LogP contribution is -2.38. The number of fused-ring (bicyclic) bond motifs is 1. The van der Waals surface area contributed by atoms with E-state index in [-0.39, 0.29) is 18.1 Å². The zero-order chi connectivity index (χ0) is 23.4. The van der Waals surface area contributed by atoms with E-state index in [1.807, 2.05) is 23.1 Å². The molecule has 0 N–H and O–H groups in total. The van der Waals surface area contributed by atoms with E-state index in [4.69, 9.17) is 11.6 Å². The van der Waals surface area contributed by atoms with Crippen LogP contribution in [0, 0.1) is 0 Å². The van der Waals surface area contributed by atoms with Gasteiger partial charge in [0.25, 0.3) is 0 Å². The van der Waals surface area contributed by atoms with E-state index in [9.17, 15) is 9.59 Å². The van der Waals surface area contributed by atoms with Gasteiger partial charge in [0, 0.05) is 49.1 Å². The number of hydrogen-bond acceptors (Lipinski definition) is 3. The van der Waals surface area contributed by atoms with Gasteiger partial charge in [-0.15, -0.1) is 0 Å². The molecule has 0 aromatic heterocycles. The molecule has 0 spiro atoms. The van der Waals surface area contributed by atoms with Crippen molar-refractivity contribution in [1.82, 2.24) is 9.80 Å². The van der Waals surface area contributed by atoms with Crippen LogP contribution in [0.2, 0.25) is 5.02 Å². The van der Waals surface area contributed by atoms with Gasteiger partial charge >= 0.3 is 0 Å². The standard InChI is InChI=1S/C28H35ClN2O2/c1-20(2)31-15-3-4-21-5-6-24(18-25(21)19-31)27(32)11-12-28(33)30-16-13-23(14-17-30)22-7-9-26(29)10-8-22/h5-10,18,20,23H,3-4,11-17,19H2,1-2H3. The van der Waals surface area contributed by atoms with Crippen molar-refractivity contribution in [3.8, 4) is 0 Å². The molecule has 1 saturated heterocycles. The summed E-state index contributed by atoms with van der Waals surface area (Å²) in [5.41, 5.74) is 4.66. The van der Waals surface area contributed by atoms with E-state index in [0.29, 0.717) is 18.4 Å². The Hall–Kier alpha value is -2.17. The minimum Gasteiger partial charge on any atom is -0.343 e. The molecule has 176 valence electrons. The van der Waals surface area contributed by atoms with E-state index < -0.39 is 0 Å². The van der Waals surface area contributed by atoms with Crippen LogP contribution in [0.25, 0.3) is 0 Å². The highest BCUT2D eigenvalue weighted by Gasteiger charge is 2.24. The predicted molar refractivity (Wildman–Crippen MR) is 134 cm³/mol. The van der Waals surface area contributed by atoms with Crippen molar-refractivity contribution < 1.29 is 9.59 Å². The first-order chi connectivity index (χ1) is 15.9. The molecule has 2 aromatic carbocycles. The largest absolute Gasteiger partial charge is 0.343 e. The molecule has 0 aliphatic carbocycles. The zero-order valence-electron chi connectivity index (χ0n) is 19.9. The highest BCUT2D eigenvalue weighted by Crippen LogP contribution is 2.29. The van der Waals surface area contributed by atoms with Gasteiger partial charge in [-0.1, -0.05) is 35.9 Å². The fourth-order valence-corrected chi connectivity index (χ4v) is 5.25. The molecule has 0 bridgehead atoms. The number of carbonyl (C=O) groups excluding carboxylic acids is 2. The molecule has 2 heterocycles. The Morgan fingerprint density at radius 3 is 2.39 bits per heavy atom. The molecule has 0 saturated carbocycles. The van der Waals surface area contributed by atoms with Crippen LogP contribution in [0.4, 0.5) is 0 Å². The smallest absolute Gasteiger partial charge is 0.223 e. The van der Waals surface area contributed by atoms with Crippen LogP contribution < -0.4 is 0 Å². The molecule has 2 aromatic rings. The highest BCUT2D eigenvalue weighted by molar-refractivity contribution is 6.30. The van der Waals surface area contributed by atoms with E-state index in [2.05, 4.69) is 43.0 Å². The molecule has 4 rings (SSSR count). The Morgan fingerprint density at radius 2 is 1.70 bits per heavy atom. The van der Waals surface area contributed by atoms with Crippen LogP contribution >= 0.6 is 11.6 Å². The predicted octanol–water partition coefficient (Wildman–Crippen LogP) is 5.87. The van der Waals surface area contributed by atoms with Gasteiger partial charge in [-0.25, -0.2) is 0 Å². The van der Waals surface area contributed by atoms with Gasteiger partial charge in [-0.2, -0.15) is 0 Å². The lowest BCUT2D eigenvalue weighted by Gasteiger charge is -2.32. The lowest BCUT2D eigenvalue weighted by atomic mass is 9.89. The third kappa shape index (κ3) is 6.04. The number of nitrogens with zero attached hydrogens (tertiary/aromatic N) is 2. The summed E-state index contributed by atoms with van der Waals surface area (Å²) in [6, 6.07) is 14.7. The van der Waals surface area contributed by atoms with Crippen LogP contribution in [0.5, 0.6) is 0 Å². The Morgan fingerprint density at radius 1 is 0.970 bits per heavy atom. The average Bonchev–Trinajstić information content (AvgIpc) is 3.05. The van der Waals surface area contributed by atoms with Gasteiger partial charge in [0.1, 0.15) is 0 Å². The monoisotopic (exact) mass is 466 g/mol. The fourth-order valence-electron chi connectivity index (χ4n) is 5.12. The minimum absolute atomic E-state index is 0.0718. The topological polar surface area (TPSA) is 40.6 Å². The van der Waals surface area contributed by atoms with E-state index in [1.54, 1.807) is 0 Å². The highest BCUT2D eigenvalue weighted by atomic mass is 35.5. The normalized spacial score (nSPS) is 17.6. The minimum atomic E-state index is 0.0718. The average molecular weight is 467 g/mol. The molecule has 33 heavy (non-hydrogen) atoms. The molecule has 1 fully saturated rings. The summed E-state index contributed by atoms with van der Waals surface area (Å²) in [5, 5.41) is 0.753. The summed E-state index contributed by atoms with van der Waals surface area (Å²) >= 11 is 6.00. The summed E-state index contributed by atoms with van der Waals surface area (Å²) in [6.07, 6.45) is 4.71. The SMILES string of the molecule is CC(C)N1CCCc2ccc(C(=O)CCC(=O)N3CCC(c4ccc(Cl)cc4)CC3)cc2C1. The van der Waals surface area contributed by atoms with Crippen LogP contribution in [-0.2, 0) is 17.8 Å². The molecule has 0 unspecified atom stereocenters. The number of likely N-dealkylation sites (tertiary alicyclic amines) is 1. The third-order valence-electron chi connectivity index (χ3n) is 7.28. The van der Waals surface area contributed by atoms with Crippen molar-refractivity contribution in [3.63, 3.8) is 0 Å². The molecule has 5 heteroatoms. The van der Waals surface area contributed by atoms with Crippen LogP contribution in [0.15, 0.2) is 42.5 Å². The van der Waals surface area contributed by atoms with Crippen molar-refractivity contribution in [2.75, 3.05) is 19.6 Å². The summed E-state index contributed by atoms with van der Waals surface area (Å²) < 4.78 is 0. The second kappa shape index (κ2) is 10.8. The molecule has 0 radical (unpaired) electrons. The first-order valence-corrected chi connectivity index (χ1v) is 12.7. The quantitative estimate of drug-likeness (QED) is 0.500. The van der Waals surface area contributed by atoms with Crippen molar-refractivity contribution >= 4 is 23.3 Å². The van der Waals surface area contributed by atoms with Gasteiger partial charge in [0.2, 0.25) is 5.91 Å². The number of carbonyl (C=O) groups is 2. The molecule has 4 nitrogen and oxygen atoms in total. The zero-order valence-corrected chi connectivity index (χ0v) is 20.6. The Labute approximate surface area is 202 Å². The first kappa shape index (κ1) is 24.0. The van der Waals surface area contributed by atoms with Crippen molar-refractivity contribution in [3.05, 3.63) is 69.7 Å². The molecule has 1 amide bonds. The number of hydrogen-bond donors (Lipinski definition) is 0. The number of piperidine rings is 1. The van der Waals surface area contributed by atoms with E-state index in [0.717, 1.165) is 62.4 Å². The van der Waals surface area contributed by atoms with Crippen molar-refractivity contribution in [1.29, 1.82) is 0 Å². The Bertz CT molecular complexity index is 978. The Kier molecular flexibility index (Phi) is 7.87. The summed E-state index contributed by atoms with van der Waals surface area (Å²) in [7, 11) is 0. The van der Waals surface area contributed by atoms with Crippen molar-refractivity contribution in [2.24, 2.45) is 0 Å². The van der Waals surface area contributed by atoms with Crippen LogP contribution in [-0.4, -0.2) is 47.2 Å². The number of halogens is 1. The second-order valence-corrected chi connectivity index (χ2v) is 10.2. The first-order valence-electron chi connectivity index (χ1n) is 12.3. The van der Waals surface area contributed by atoms with Gasteiger partial charge in [0.05, 0.1) is 0 Å². The molecule has 2 aliphatic heterocycles. The summed E-state index contributed by atoms with van der Waals surface area (Å²) in [4.78, 5) is 30.1. The Balaban J connectivity index is 1.29. The van der Waals surface area contributed by atoms with Crippen LogP contribution in [0.1, 0.15) is 78.9 Å². The lowest BCUT2D eigenvalue weighted by molar-refractivity contribution is -0.132. The maximum atomic E-state index is 12.9. The third-order valence-corrected chi connectivity index (χ3v) is 7.53. The molecular formula is C28H35ClN2O2. The number of Topliss-reactive ketones (excluding diaryl/α,β-unsaturated/α-hetero) is 1. The number of aryl methyl sites for hydroxylation is 1.